The van der Waals surface area contributed by atoms with Crippen LogP contribution >= 0.6 is 11.6 Å². The van der Waals surface area contributed by atoms with E-state index in [1.165, 1.54) is 0 Å². The van der Waals surface area contributed by atoms with Gasteiger partial charge in [-0.25, -0.2) is 0 Å². The number of carbonyl (C=O) groups is 1. The number of rotatable bonds is 7. The zero-order valence-electron chi connectivity index (χ0n) is 13.5. The Morgan fingerprint density at radius 3 is 2.56 bits per heavy atom. The normalized spacial score (nSPS) is 10.8. The van der Waals surface area contributed by atoms with E-state index in [0.29, 0.717) is 18.2 Å². The summed E-state index contributed by atoms with van der Waals surface area (Å²) in [6.07, 6.45) is 0. The Balaban J connectivity index is 1.84. The SMILES string of the molecule is O=C(O)CNCc1c(OCc2ccc(Cl)cc2)ccc2ccccc12. The summed E-state index contributed by atoms with van der Waals surface area (Å²) in [5.41, 5.74) is 1.97. The first-order valence-corrected chi connectivity index (χ1v) is 8.31. The quantitative estimate of drug-likeness (QED) is 0.665. The second kappa shape index (κ2) is 8.01. The van der Waals surface area contributed by atoms with E-state index in [9.17, 15) is 4.79 Å². The van der Waals surface area contributed by atoms with Crippen LogP contribution < -0.4 is 10.1 Å². The van der Waals surface area contributed by atoms with Crippen LogP contribution in [0.5, 0.6) is 5.75 Å². The number of benzene rings is 3. The topological polar surface area (TPSA) is 58.6 Å². The summed E-state index contributed by atoms with van der Waals surface area (Å²) in [5, 5.41) is 14.6. The van der Waals surface area contributed by atoms with Gasteiger partial charge < -0.3 is 15.2 Å². The van der Waals surface area contributed by atoms with Crippen molar-refractivity contribution in [2.75, 3.05) is 6.54 Å². The minimum atomic E-state index is -0.885. The van der Waals surface area contributed by atoms with Gasteiger partial charge in [0, 0.05) is 17.1 Å². The van der Waals surface area contributed by atoms with E-state index >= 15 is 0 Å². The first-order chi connectivity index (χ1) is 12.1. The lowest BCUT2D eigenvalue weighted by Crippen LogP contribution is -2.22. The molecular formula is C20H18ClNO3. The summed E-state index contributed by atoms with van der Waals surface area (Å²) in [7, 11) is 0. The van der Waals surface area contributed by atoms with E-state index in [1.54, 1.807) is 0 Å². The summed E-state index contributed by atoms with van der Waals surface area (Å²) in [4.78, 5) is 10.8. The molecule has 128 valence electrons. The number of aliphatic carboxylic acids is 1. The zero-order valence-corrected chi connectivity index (χ0v) is 14.3. The van der Waals surface area contributed by atoms with Gasteiger partial charge in [-0.2, -0.15) is 0 Å². The van der Waals surface area contributed by atoms with Crippen LogP contribution in [0.4, 0.5) is 0 Å². The number of hydrogen-bond donors (Lipinski definition) is 2. The molecule has 3 aromatic rings. The van der Waals surface area contributed by atoms with Crippen LogP contribution in [0.1, 0.15) is 11.1 Å². The molecule has 3 aromatic carbocycles. The van der Waals surface area contributed by atoms with Crippen LogP contribution in [0.25, 0.3) is 10.8 Å². The van der Waals surface area contributed by atoms with E-state index in [2.05, 4.69) is 5.32 Å². The lowest BCUT2D eigenvalue weighted by atomic mass is 10.0. The molecule has 0 radical (unpaired) electrons. The summed E-state index contributed by atoms with van der Waals surface area (Å²) in [6.45, 7) is 0.741. The number of fused-ring (bicyclic) bond motifs is 1. The summed E-state index contributed by atoms with van der Waals surface area (Å²) < 4.78 is 6.00. The predicted octanol–water partition coefficient (Wildman–Crippen LogP) is 4.25. The second-order valence-corrected chi connectivity index (χ2v) is 6.11. The van der Waals surface area contributed by atoms with Gasteiger partial charge >= 0.3 is 5.97 Å². The number of hydrogen-bond acceptors (Lipinski definition) is 3. The van der Waals surface area contributed by atoms with Crippen molar-refractivity contribution in [3.05, 3.63) is 76.8 Å². The van der Waals surface area contributed by atoms with E-state index in [-0.39, 0.29) is 6.54 Å². The van der Waals surface area contributed by atoms with Crippen LogP contribution in [-0.4, -0.2) is 17.6 Å². The highest BCUT2D eigenvalue weighted by atomic mass is 35.5. The van der Waals surface area contributed by atoms with Gasteiger partial charge in [-0.15, -0.1) is 0 Å². The lowest BCUT2D eigenvalue weighted by Gasteiger charge is -2.15. The number of carboxylic acids is 1. The van der Waals surface area contributed by atoms with Crippen molar-refractivity contribution >= 4 is 28.3 Å². The predicted molar refractivity (Wildman–Crippen MR) is 99.1 cm³/mol. The van der Waals surface area contributed by atoms with Gasteiger partial charge in [0.1, 0.15) is 12.4 Å². The van der Waals surface area contributed by atoms with Gasteiger partial charge in [0.2, 0.25) is 0 Å². The molecule has 0 heterocycles. The molecule has 0 fully saturated rings. The molecule has 0 amide bonds. The molecule has 0 atom stereocenters. The average Bonchev–Trinajstić information content (AvgIpc) is 2.62. The maximum absolute atomic E-state index is 10.8. The second-order valence-electron chi connectivity index (χ2n) is 5.68. The first kappa shape index (κ1) is 17.3. The van der Waals surface area contributed by atoms with Crippen molar-refractivity contribution in [2.24, 2.45) is 0 Å². The van der Waals surface area contributed by atoms with Crippen LogP contribution in [0.15, 0.2) is 60.7 Å². The van der Waals surface area contributed by atoms with E-state index in [4.69, 9.17) is 21.4 Å². The maximum Gasteiger partial charge on any atom is 0.317 e. The van der Waals surface area contributed by atoms with Crippen LogP contribution in [-0.2, 0) is 17.9 Å². The molecule has 0 aromatic heterocycles. The standard InChI is InChI=1S/C20H18ClNO3/c21-16-8-5-14(6-9-16)13-25-19-10-7-15-3-1-2-4-17(15)18(19)11-22-12-20(23)24/h1-10,22H,11-13H2,(H,23,24). The highest BCUT2D eigenvalue weighted by Crippen LogP contribution is 2.28. The van der Waals surface area contributed by atoms with E-state index < -0.39 is 5.97 Å². The van der Waals surface area contributed by atoms with Crippen LogP contribution in [0.3, 0.4) is 0 Å². The Hall–Kier alpha value is -2.56. The third-order valence-corrected chi connectivity index (χ3v) is 4.14. The van der Waals surface area contributed by atoms with Gasteiger partial charge in [0.25, 0.3) is 0 Å². The minimum absolute atomic E-state index is 0.0974. The molecule has 0 saturated heterocycles. The monoisotopic (exact) mass is 355 g/mol. The fraction of sp³-hybridized carbons (Fsp3) is 0.150. The van der Waals surface area contributed by atoms with Crippen molar-refractivity contribution in [3.8, 4) is 5.75 Å². The highest BCUT2D eigenvalue weighted by Gasteiger charge is 2.10. The fourth-order valence-electron chi connectivity index (χ4n) is 2.67. The molecule has 3 rings (SSSR count). The molecule has 0 aliphatic heterocycles. The highest BCUT2D eigenvalue weighted by molar-refractivity contribution is 6.30. The number of nitrogens with one attached hydrogen (secondary N) is 1. The Labute approximate surface area is 151 Å². The number of ether oxygens (including phenoxy) is 1. The van der Waals surface area contributed by atoms with Gasteiger partial charge in [0.15, 0.2) is 0 Å². The molecule has 0 saturated carbocycles. The van der Waals surface area contributed by atoms with Gasteiger partial charge in [-0.3, -0.25) is 4.79 Å². The molecule has 5 heteroatoms. The van der Waals surface area contributed by atoms with Crippen LogP contribution in [0, 0.1) is 0 Å². The molecular weight excluding hydrogens is 338 g/mol. The minimum Gasteiger partial charge on any atom is -0.489 e. The van der Waals surface area contributed by atoms with Crippen molar-refractivity contribution in [1.29, 1.82) is 0 Å². The molecule has 25 heavy (non-hydrogen) atoms. The molecule has 0 bridgehead atoms. The summed E-state index contributed by atoms with van der Waals surface area (Å²) >= 11 is 5.91. The smallest absolute Gasteiger partial charge is 0.317 e. The van der Waals surface area contributed by atoms with Gasteiger partial charge in [-0.05, 0) is 34.5 Å². The molecule has 0 spiro atoms. The average molecular weight is 356 g/mol. The third kappa shape index (κ3) is 4.50. The maximum atomic E-state index is 10.8. The Morgan fingerprint density at radius 1 is 1.04 bits per heavy atom. The molecule has 0 aliphatic carbocycles. The first-order valence-electron chi connectivity index (χ1n) is 7.94. The zero-order chi connectivity index (χ0) is 17.6. The largest absolute Gasteiger partial charge is 0.489 e. The van der Waals surface area contributed by atoms with Crippen molar-refractivity contribution in [1.82, 2.24) is 5.32 Å². The van der Waals surface area contributed by atoms with E-state index in [1.807, 2.05) is 60.7 Å². The van der Waals surface area contributed by atoms with Crippen LogP contribution in [0.2, 0.25) is 5.02 Å². The fourth-order valence-corrected chi connectivity index (χ4v) is 2.80. The van der Waals surface area contributed by atoms with E-state index in [0.717, 1.165) is 27.6 Å². The van der Waals surface area contributed by atoms with Gasteiger partial charge in [0.05, 0.1) is 6.54 Å². The number of halogens is 1. The molecule has 0 aliphatic rings. The number of carboxylic acid groups (broad SMARTS) is 1. The molecule has 2 N–H and O–H groups in total. The molecule has 0 unspecified atom stereocenters. The van der Waals surface area contributed by atoms with Crippen molar-refractivity contribution in [3.63, 3.8) is 0 Å². The summed E-state index contributed by atoms with van der Waals surface area (Å²) in [5.74, 6) is -0.143. The Bertz CT molecular complexity index is 878. The summed E-state index contributed by atoms with van der Waals surface area (Å²) in [6, 6.07) is 19.4. The third-order valence-electron chi connectivity index (χ3n) is 3.88. The Morgan fingerprint density at radius 2 is 1.80 bits per heavy atom. The van der Waals surface area contributed by atoms with Crippen molar-refractivity contribution in [2.45, 2.75) is 13.2 Å². The lowest BCUT2D eigenvalue weighted by molar-refractivity contribution is -0.136. The van der Waals surface area contributed by atoms with Gasteiger partial charge in [-0.1, -0.05) is 54.1 Å². The van der Waals surface area contributed by atoms with Crippen molar-refractivity contribution < 1.29 is 14.6 Å². The molecule has 4 nitrogen and oxygen atoms in total. The Kier molecular flexibility index (Phi) is 5.53.